The number of nitrogens with two attached hydrogens (primary N) is 1. The Labute approximate surface area is 117 Å². The molecule has 1 aliphatic carbocycles. The fourth-order valence-electron chi connectivity index (χ4n) is 2.32. The van der Waals surface area contributed by atoms with Crippen LogP contribution < -0.4 is 11.1 Å². The van der Waals surface area contributed by atoms with Gasteiger partial charge < -0.3 is 15.6 Å². The Kier molecular flexibility index (Phi) is 3.00. The van der Waals surface area contributed by atoms with Crippen LogP contribution in [0.4, 0.5) is 5.69 Å². The molecule has 3 rings (SSSR count). The lowest BCUT2D eigenvalue weighted by Gasteiger charge is -2.08. The minimum absolute atomic E-state index is 0.0862. The van der Waals surface area contributed by atoms with Gasteiger partial charge in [-0.3, -0.25) is 9.48 Å². The highest BCUT2D eigenvalue weighted by Crippen LogP contribution is 2.37. The minimum Gasteiger partial charge on any atom is -0.397 e. The maximum Gasteiger partial charge on any atom is 0.268 e. The van der Waals surface area contributed by atoms with E-state index in [2.05, 4.69) is 10.4 Å². The van der Waals surface area contributed by atoms with Gasteiger partial charge in [0.25, 0.3) is 5.91 Å². The molecule has 0 atom stereocenters. The molecule has 6 nitrogen and oxygen atoms in total. The Morgan fingerprint density at radius 3 is 2.90 bits per heavy atom. The average Bonchev–Trinajstić information content (AvgIpc) is 3.13. The van der Waals surface area contributed by atoms with E-state index in [-0.39, 0.29) is 5.91 Å². The Morgan fingerprint density at radius 1 is 1.55 bits per heavy atom. The molecule has 1 amide bonds. The van der Waals surface area contributed by atoms with Crippen LogP contribution in [0.3, 0.4) is 0 Å². The summed E-state index contributed by atoms with van der Waals surface area (Å²) in [6.07, 6.45) is 5.87. The number of aromatic nitrogens is 3. The largest absolute Gasteiger partial charge is 0.397 e. The zero-order valence-electron chi connectivity index (χ0n) is 11.8. The number of hydrogen-bond donors (Lipinski definition) is 2. The van der Waals surface area contributed by atoms with Gasteiger partial charge in [0.05, 0.1) is 11.9 Å². The summed E-state index contributed by atoms with van der Waals surface area (Å²) in [4.78, 5) is 12.3. The van der Waals surface area contributed by atoms with Crippen LogP contribution >= 0.6 is 0 Å². The van der Waals surface area contributed by atoms with E-state index >= 15 is 0 Å². The molecular formula is C14H19N5O. The van der Waals surface area contributed by atoms with Crippen LogP contribution in [0.25, 0.3) is 0 Å². The van der Waals surface area contributed by atoms with Gasteiger partial charge in [0.1, 0.15) is 5.69 Å². The van der Waals surface area contributed by atoms with E-state index in [1.165, 1.54) is 0 Å². The first kappa shape index (κ1) is 12.8. The average molecular weight is 273 g/mol. The number of hydrogen-bond acceptors (Lipinski definition) is 3. The van der Waals surface area contributed by atoms with Crippen LogP contribution in [-0.4, -0.2) is 20.3 Å². The fourth-order valence-corrected chi connectivity index (χ4v) is 2.32. The second-order valence-corrected chi connectivity index (χ2v) is 5.36. The van der Waals surface area contributed by atoms with E-state index in [0.717, 1.165) is 24.1 Å². The highest BCUT2D eigenvalue weighted by molar-refractivity contribution is 5.93. The van der Waals surface area contributed by atoms with Crippen molar-refractivity contribution >= 4 is 11.6 Å². The second kappa shape index (κ2) is 4.70. The molecule has 1 fully saturated rings. The second-order valence-electron chi connectivity index (χ2n) is 5.36. The van der Waals surface area contributed by atoms with E-state index in [1.807, 2.05) is 24.7 Å². The first-order valence-electron chi connectivity index (χ1n) is 6.79. The SMILES string of the molecule is Cc1c(CNC(=O)c2cc(N)cn2C2CC2)cnn1C. The number of carbonyl (C=O) groups is 1. The Morgan fingerprint density at radius 2 is 2.30 bits per heavy atom. The van der Waals surface area contributed by atoms with E-state index < -0.39 is 0 Å². The number of rotatable bonds is 4. The van der Waals surface area contributed by atoms with Crippen molar-refractivity contribution in [3.63, 3.8) is 0 Å². The standard InChI is InChI=1S/C14H19N5O/c1-9-10(7-17-18(9)2)6-16-14(20)13-5-11(15)8-19(13)12-3-4-12/h5,7-8,12H,3-4,6,15H2,1-2H3,(H,16,20). The van der Waals surface area contributed by atoms with Gasteiger partial charge in [0.2, 0.25) is 0 Å². The molecule has 0 spiro atoms. The molecule has 2 heterocycles. The molecule has 0 aliphatic heterocycles. The molecule has 1 aliphatic rings. The first-order valence-corrected chi connectivity index (χ1v) is 6.79. The summed E-state index contributed by atoms with van der Waals surface area (Å²) >= 11 is 0. The van der Waals surface area contributed by atoms with Gasteiger partial charge >= 0.3 is 0 Å². The predicted molar refractivity (Wildman–Crippen MR) is 76.2 cm³/mol. The molecule has 0 bridgehead atoms. The zero-order chi connectivity index (χ0) is 14.3. The third-order valence-corrected chi connectivity index (χ3v) is 3.82. The van der Waals surface area contributed by atoms with Gasteiger partial charge in [-0.05, 0) is 25.8 Å². The van der Waals surface area contributed by atoms with Gasteiger partial charge in [-0.1, -0.05) is 0 Å². The summed E-state index contributed by atoms with van der Waals surface area (Å²) in [6, 6.07) is 2.18. The topological polar surface area (TPSA) is 77.9 Å². The number of nitrogens with one attached hydrogen (secondary N) is 1. The van der Waals surface area contributed by atoms with E-state index in [1.54, 1.807) is 16.9 Å². The first-order chi connectivity index (χ1) is 9.56. The Balaban J connectivity index is 1.72. The number of aryl methyl sites for hydroxylation is 1. The lowest BCUT2D eigenvalue weighted by molar-refractivity contribution is 0.0941. The van der Waals surface area contributed by atoms with E-state index in [9.17, 15) is 4.79 Å². The molecule has 20 heavy (non-hydrogen) atoms. The highest BCUT2D eigenvalue weighted by Gasteiger charge is 2.27. The molecule has 0 aromatic carbocycles. The van der Waals surface area contributed by atoms with Gasteiger partial charge in [0.15, 0.2) is 0 Å². The van der Waals surface area contributed by atoms with Gasteiger partial charge in [0, 0.05) is 37.1 Å². The normalized spacial score (nSPS) is 14.5. The number of nitrogen functional groups attached to an aromatic ring is 1. The van der Waals surface area contributed by atoms with Crippen LogP contribution in [0.15, 0.2) is 18.5 Å². The summed E-state index contributed by atoms with van der Waals surface area (Å²) < 4.78 is 3.78. The Bertz CT molecular complexity index is 651. The minimum atomic E-state index is -0.0862. The van der Waals surface area contributed by atoms with Crippen LogP contribution in [-0.2, 0) is 13.6 Å². The van der Waals surface area contributed by atoms with Crippen molar-refractivity contribution in [1.82, 2.24) is 19.7 Å². The maximum atomic E-state index is 12.3. The van der Waals surface area contributed by atoms with Gasteiger partial charge in [-0.25, -0.2) is 0 Å². The lowest BCUT2D eigenvalue weighted by atomic mass is 10.2. The van der Waals surface area contributed by atoms with Crippen molar-refractivity contribution in [3.8, 4) is 0 Å². The molecular weight excluding hydrogens is 254 g/mol. The van der Waals surface area contributed by atoms with E-state index in [0.29, 0.717) is 24.0 Å². The number of anilines is 1. The summed E-state index contributed by atoms with van der Waals surface area (Å²) in [6.45, 7) is 2.47. The van der Waals surface area contributed by atoms with Gasteiger partial charge in [-0.2, -0.15) is 5.10 Å². The summed E-state index contributed by atoms with van der Waals surface area (Å²) in [7, 11) is 1.89. The molecule has 0 saturated heterocycles. The van der Waals surface area contributed by atoms with Gasteiger partial charge in [-0.15, -0.1) is 0 Å². The van der Waals surface area contributed by atoms with Crippen molar-refractivity contribution in [2.75, 3.05) is 5.73 Å². The summed E-state index contributed by atoms with van der Waals surface area (Å²) in [5.74, 6) is -0.0862. The molecule has 2 aromatic heterocycles. The lowest BCUT2D eigenvalue weighted by Crippen LogP contribution is -2.25. The molecule has 2 aromatic rings. The fraction of sp³-hybridized carbons (Fsp3) is 0.429. The summed E-state index contributed by atoms with van der Waals surface area (Å²) in [5.41, 5.74) is 9.17. The van der Waals surface area contributed by atoms with Crippen LogP contribution in [0.2, 0.25) is 0 Å². The molecule has 1 saturated carbocycles. The van der Waals surface area contributed by atoms with Crippen molar-refractivity contribution in [2.45, 2.75) is 32.4 Å². The molecule has 106 valence electrons. The molecule has 0 radical (unpaired) electrons. The van der Waals surface area contributed by atoms with Crippen LogP contribution in [0.1, 0.15) is 40.6 Å². The highest BCUT2D eigenvalue weighted by atomic mass is 16.1. The van der Waals surface area contributed by atoms with Crippen molar-refractivity contribution in [2.24, 2.45) is 7.05 Å². The summed E-state index contributed by atoms with van der Waals surface area (Å²) in [5, 5.41) is 7.10. The quantitative estimate of drug-likeness (QED) is 0.883. The third kappa shape index (κ3) is 2.29. The molecule has 3 N–H and O–H groups in total. The van der Waals surface area contributed by atoms with E-state index in [4.69, 9.17) is 5.73 Å². The molecule has 6 heteroatoms. The smallest absolute Gasteiger partial charge is 0.268 e. The Hall–Kier alpha value is -2.24. The van der Waals surface area contributed by atoms with Crippen LogP contribution in [0.5, 0.6) is 0 Å². The number of amides is 1. The monoisotopic (exact) mass is 273 g/mol. The number of nitrogens with zero attached hydrogens (tertiary/aromatic N) is 3. The molecule has 0 unspecified atom stereocenters. The van der Waals surface area contributed by atoms with Crippen molar-refractivity contribution in [3.05, 3.63) is 35.4 Å². The zero-order valence-corrected chi connectivity index (χ0v) is 11.8. The number of carbonyl (C=O) groups excluding carboxylic acids is 1. The third-order valence-electron chi connectivity index (χ3n) is 3.82. The van der Waals surface area contributed by atoms with Crippen molar-refractivity contribution in [1.29, 1.82) is 0 Å². The van der Waals surface area contributed by atoms with Crippen molar-refractivity contribution < 1.29 is 4.79 Å². The maximum absolute atomic E-state index is 12.3. The van der Waals surface area contributed by atoms with Crippen LogP contribution in [0, 0.1) is 6.92 Å². The predicted octanol–water partition coefficient (Wildman–Crippen LogP) is 1.38.